The van der Waals surface area contributed by atoms with E-state index in [0.717, 1.165) is 36.1 Å². The third kappa shape index (κ3) is 3.29. The van der Waals surface area contributed by atoms with Crippen LogP contribution in [-0.2, 0) is 0 Å². The first kappa shape index (κ1) is 13.5. The lowest BCUT2D eigenvalue weighted by Gasteiger charge is -2.29. The maximum absolute atomic E-state index is 12.0. The number of piperidine rings is 1. The van der Waals surface area contributed by atoms with Crippen molar-refractivity contribution >= 4 is 21.8 Å². The number of carbonyl (C=O) groups is 1. The Hall–Kier alpha value is -0.940. The van der Waals surface area contributed by atoms with Crippen molar-refractivity contribution in [2.45, 2.75) is 25.8 Å². The summed E-state index contributed by atoms with van der Waals surface area (Å²) in [4.78, 5) is 18.6. The molecule has 1 aromatic heterocycles. The number of aromatic nitrogens is 1. The molecule has 0 atom stereocenters. The molecule has 2 rings (SSSR count). The summed E-state index contributed by atoms with van der Waals surface area (Å²) < 4.78 is 0.735. The van der Waals surface area contributed by atoms with E-state index >= 15 is 0 Å². The van der Waals surface area contributed by atoms with E-state index in [1.54, 1.807) is 6.07 Å². The standard InChI is InChI=1S/C13H18BrN3O/c1-9-3-4-11(16-12(9)14)13(18)15-10-5-7-17(2)8-6-10/h3-4,10H,5-8H2,1-2H3,(H,15,18). The molecule has 0 saturated carbocycles. The number of carbonyl (C=O) groups excluding carboxylic acids is 1. The Morgan fingerprint density at radius 1 is 1.44 bits per heavy atom. The summed E-state index contributed by atoms with van der Waals surface area (Å²) in [6, 6.07) is 3.95. The number of hydrogen-bond donors (Lipinski definition) is 1. The van der Waals surface area contributed by atoms with Crippen LogP contribution >= 0.6 is 15.9 Å². The van der Waals surface area contributed by atoms with Crippen LogP contribution in [0.2, 0.25) is 0 Å². The molecule has 1 saturated heterocycles. The number of halogens is 1. The first-order valence-corrected chi connectivity index (χ1v) is 6.98. The van der Waals surface area contributed by atoms with Gasteiger partial charge in [-0.1, -0.05) is 6.07 Å². The summed E-state index contributed by atoms with van der Waals surface area (Å²) in [5.74, 6) is -0.0785. The second-order valence-corrected chi connectivity index (χ2v) is 5.61. The second kappa shape index (κ2) is 5.80. The summed E-state index contributed by atoms with van der Waals surface area (Å²) in [6.07, 6.45) is 2.02. The fraction of sp³-hybridized carbons (Fsp3) is 0.538. The van der Waals surface area contributed by atoms with Gasteiger partial charge in [-0.3, -0.25) is 4.79 Å². The molecule has 2 heterocycles. The molecule has 0 bridgehead atoms. The topological polar surface area (TPSA) is 45.2 Å². The van der Waals surface area contributed by atoms with E-state index in [-0.39, 0.29) is 11.9 Å². The van der Waals surface area contributed by atoms with E-state index in [4.69, 9.17) is 0 Å². The van der Waals surface area contributed by atoms with Crippen LogP contribution in [0.25, 0.3) is 0 Å². The number of rotatable bonds is 2. The van der Waals surface area contributed by atoms with Gasteiger partial charge in [0, 0.05) is 6.04 Å². The number of amides is 1. The van der Waals surface area contributed by atoms with E-state index in [0.29, 0.717) is 5.69 Å². The fourth-order valence-electron chi connectivity index (χ4n) is 2.04. The average molecular weight is 312 g/mol. The molecule has 1 aromatic rings. The van der Waals surface area contributed by atoms with Gasteiger partial charge >= 0.3 is 0 Å². The number of aryl methyl sites for hydroxylation is 1. The molecule has 98 valence electrons. The van der Waals surface area contributed by atoms with Crippen LogP contribution in [0.15, 0.2) is 16.7 Å². The Bertz CT molecular complexity index is 442. The van der Waals surface area contributed by atoms with Gasteiger partial charge < -0.3 is 10.2 Å². The Morgan fingerprint density at radius 2 is 2.11 bits per heavy atom. The zero-order chi connectivity index (χ0) is 13.1. The van der Waals surface area contributed by atoms with Crippen molar-refractivity contribution in [3.8, 4) is 0 Å². The van der Waals surface area contributed by atoms with E-state index in [1.807, 2.05) is 13.0 Å². The zero-order valence-electron chi connectivity index (χ0n) is 10.7. The fourth-order valence-corrected chi connectivity index (χ4v) is 2.37. The van der Waals surface area contributed by atoms with Crippen molar-refractivity contribution in [2.75, 3.05) is 20.1 Å². The Kier molecular flexibility index (Phi) is 4.35. The molecule has 1 amide bonds. The van der Waals surface area contributed by atoms with E-state index in [9.17, 15) is 4.79 Å². The van der Waals surface area contributed by atoms with Crippen LogP contribution in [0, 0.1) is 6.92 Å². The smallest absolute Gasteiger partial charge is 0.270 e. The molecule has 1 N–H and O–H groups in total. The SMILES string of the molecule is Cc1ccc(C(=O)NC2CCN(C)CC2)nc1Br. The quantitative estimate of drug-likeness (QED) is 0.849. The van der Waals surface area contributed by atoms with Crippen LogP contribution in [0.5, 0.6) is 0 Å². The summed E-state index contributed by atoms with van der Waals surface area (Å²) in [6.45, 7) is 4.03. The van der Waals surface area contributed by atoms with Gasteiger partial charge in [-0.25, -0.2) is 4.98 Å². The van der Waals surface area contributed by atoms with Gasteiger partial charge in [0.2, 0.25) is 0 Å². The number of pyridine rings is 1. The lowest BCUT2D eigenvalue weighted by atomic mass is 10.1. The first-order valence-electron chi connectivity index (χ1n) is 6.19. The highest BCUT2D eigenvalue weighted by Gasteiger charge is 2.19. The molecule has 18 heavy (non-hydrogen) atoms. The van der Waals surface area contributed by atoms with E-state index < -0.39 is 0 Å². The van der Waals surface area contributed by atoms with Crippen molar-refractivity contribution in [1.82, 2.24) is 15.2 Å². The number of nitrogens with one attached hydrogen (secondary N) is 1. The van der Waals surface area contributed by atoms with Gasteiger partial charge in [-0.2, -0.15) is 0 Å². The zero-order valence-corrected chi connectivity index (χ0v) is 12.3. The van der Waals surface area contributed by atoms with Crippen molar-refractivity contribution in [3.63, 3.8) is 0 Å². The molecule has 0 aliphatic carbocycles. The average Bonchev–Trinajstić information content (AvgIpc) is 2.35. The molecular formula is C13H18BrN3O. The molecule has 0 unspecified atom stereocenters. The summed E-state index contributed by atoms with van der Waals surface area (Å²) in [7, 11) is 2.11. The lowest BCUT2D eigenvalue weighted by molar-refractivity contribution is 0.0911. The molecule has 1 aliphatic heterocycles. The van der Waals surface area contributed by atoms with Crippen molar-refractivity contribution in [1.29, 1.82) is 0 Å². The van der Waals surface area contributed by atoms with Crippen LogP contribution in [0.4, 0.5) is 0 Å². The van der Waals surface area contributed by atoms with Gasteiger partial charge in [-0.05, 0) is 67.5 Å². The Morgan fingerprint density at radius 3 is 2.72 bits per heavy atom. The van der Waals surface area contributed by atoms with Gasteiger partial charge in [-0.15, -0.1) is 0 Å². The summed E-state index contributed by atoms with van der Waals surface area (Å²) >= 11 is 3.35. The predicted molar refractivity (Wildman–Crippen MR) is 74.7 cm³/mol. The molecule has 0 aromatic carbocycles. The second-order valence-electron chi connectivity index (χ2n) is 4.86. The van der Waals surface area contributed by atoms with Crippen LogP contribution in [0.3, 0.4) is 0 Å². The van der Waals surface area contributed by atoms with E-state index in [2.05, 4.69) is 38.2 Å². The van der Waals surface area contributed by atoms with Gasteiger partial charge in [0.1, 0.15) is 10.3 Å². The van der Waals surface area contributed by atoms with Crippen LogP contribution < -0.4 is 5.32 Å². The Labute approximate surface area is 116 Å². The number of hydrogen-bond acceptors (Lipinski definition) is 3. The van der Waals surface area contributed by atoms with Crippen molar-refractivity contribution in [2.24, 2.45) is 0 Å². The van der Waals surface area contributed by atoms with Crippen molar-refractivity contribution in [3.05, 3.63) is 28.0 Å². The highest BCUT2D eigenvalue weighted by Crippen LogP contribution is 2.14. The minimum Gasteiger partial charge on any atom is -0.348 e. The normalized spacial score (nSPS) is 17.7. The lowest BCUT2D eigenvalue weighted by Crippen LogP contribution is -2.43. The monoisotopic (exact) mass is 311 g/mol. The molecular weight excluding hydrogens is 294 g/mol. The summed E-state index contributed by atoms with van der Waals surface area (Å²) in [5.41, 5.74) is 1.51. The first-order chi connectivity index (χ1) is 8.56. The minimum atomic E-state index is -0.0785. The molecule has 5 heteroatoms. The minimum absolute atomic E-state index is 0.0785. The molecule has 4 nitrogen and oxygen atoms in total. The molecule has 1 fully saturated rings. The predicted octanol–water partition coefficient (Wildman–Crippen LogP) is 1.98. The molecule has 1 aliphatic rings. The highest BCUT2D eigenvalue weighted by atomic mass is 79.9. The third-order valence-corrected chi connectivity index (χ3v) is 4.12. The van der Waals surface area contributed by atoms with E-state index in [1.165, 1.54) is 0 Å². The largest absolute Gasteiger partial charge is 0.348 e. The molecule has 0 spiro atoms. The van der Waals surface area contributed by atoms with Crippen LogP contribution in [-0.4, -0.2) is 42.0 Å². The van der Waals surface area contributed by atoms with Gasteiger partial charge in [0.25, 0.3) is 5.91 Å². The van der Waals surface area contributed by atoms with Crippen LogP contribution in [0.1, 0.15) is 28.9 Å². The van der Waals surface area contributed by atoms with Gasteiger partial charge in [0.05, 0.1) is 0 Å². The third-order valence-electron chi connectivity index (χ3n) is 3.32. The summed E-state index contributed by atoms with van der Waals surface area (Å²) in [5, 5.41) is 3.05. The Balaban J connectivity index is 1.97. The van der Waals surface area contributed by atoms with Gasteiger partial charge in [0.15, 0.2) is 0 Å². The maximum atomic E-state index is 12.0. The number of nitrogens with zero attached hydrogens (tertiary/aromatic N) is 2. The highest BCUT2D eigenvalue weighted by molar-refractivity contribution is 9.10. The van der Waals surface area contributed by atoms with Crippen molar-refractivity contribution < 1.29 is 4.79 Å². The number of likely N-dealkylation sites (tertiary alicyclic amines) is 1. The maximum Gasteiger partial charge on any atom is 0.270 e. The molecule has 0 radical (unpaired) electrons.